The summed E-state index contributed by atoms with van der Waals surface area (Å²) in [5, 5.41) is 13.3. The highest BCUT2D eigenvalue weighted by Crippen LogP contribution is 2.20. The first-order chi connectivity index (χ1) is 8.71. The molecule has 4 N–H and O–H groups in total. The van der Waals surface area contributed by atoms with Crippen LogP contribution in [-0.2, 0) is 0 Å². The number of aliphatic hydroxyl groups is 1. The number of anilines is 1. The van der Waals surface area contributed by atoms with E-state index >= 15 is 0 Å². The molecule has 1 unspecified atom stereocenters. The van der Waals surface area contributed by atoms with Crippen molar-refractivity contribution in [2.75, 3.05) is 18.4 Å². The third-order valence-corrected chi connectivity index (χ3v) is 3.46. The van der Waals surface area contributed by atoms with Gasteiger partial charge in [0.15, 0.2) is 0 Å². The zero-order chi connectivity index (χ0) is 13.4. The molecule has 102 valence electrons. The van der Waals surface area contributed by atoms with Crippen LogP contribution in [0.5, 0.6) is 0 Å². The number of nitrogens with one attached hydrogen (secondary N) is 1. The fourth-order valence-corrected chi connectivity index (χ4v) is 2.02. The number of benzene rings is 1. The minimum atomic E-state index is -0.454. The zero-order valence-corrected chi connectivity index (χ0v) is 11.5. The van der Waals surface area contributed by atoms with Gasteiger partial charge in [0.2, 0.25) is 0 Å². The van der Waals surface area contributed by atoms with Gasteiger partial charge in [-0.15, -0.1) is 0 Å². The largest absolute Gasteiger partial charge is 0.388 e. The second kappa shape index (κ2) is 8.11. The highest BCUT2D eigenvalue weighted by atomic mass is 16.3. The van der Waals surface area contributed by atoms with Gasteiger partial charge in [0.1, 0.15) is 0 Å². The van der Waals surface area contributed by atoms with Gasteiger partial charge in [0.25, 0.3) is 0 Å². The molecule has 0 heterocycles. The fraction of sp³-hybridized carbons (Fsp3) is 0.600. The fourth-order valence-electron chi connectivity index (χ4n) is 2.02. The van der Waals surface area contributed by atoms with Crippen molar-refractivity contribution < 1.29 is 5.11 Å². The predicted molar refractivity (Wildman–Crippen MR) is 77.6 cm³/mol. The van der Waals surface area contributed by atoms with E-state index in [0.717, 1.165) is 17.8 Å². The standard InChI is InChI=1S/C15H26N2O/c1-3-12(4-2)11-17-14-7-5-6-13(10-14)15(18)8-9-16/h5-7,10,12,15,17-18H,3-4,8-9,11,16H2,1-2H3. The number of hydrogen-bond donors (Lipinski definition) is 3. The lowest BCUT2D eigenvalue weighted by atomic mass is 10.0. The van der Waals surface area contributed by atoms with E-state index in [-0.39, 0.29) is 0 Å². The van der Waals surface area contributed by atoms with Gasteiger partial charge >= 0.3 is 0 Å². The van der Waals surface area contributed by atoms with Gasteiger partial charge in [0.05, 0.1) is 6.10 Å². The van der Waals surface area contributed by atoms with E-state index in [4.69, 9.17) is 5.73 Å². The number of aliphatic hydroxyl groups excluding tert-OH is 1. The Labute approximate surface area is 110 Å². The van der Waals surface area contributed by atoms with E-state index in [1.807, 2.05) is 24.3 Å². The second-order valence-corrected chi connectivity index (χ2v) is 4.78. The molecule has 3 heteroatoms. The van der Waals surface area contributed by atoms with Gasteiger partial charge in [0, 0.05) is 12.2 Å². The van der Waals surface area contributed by atoms with E-state index < -0.39 is 6.10 Å². The highest BCUT2D eigenvalue weighted by molar-refractivity contribution is 5.46. The SMILES string of the molecule is CCC(CC)CNc1cccc(C(O)CCN)c1. The number of hydrogen-bond acceptors (Lipinski definition) is 3. The lowest BCUT2D eigenvalue weighted by Crippen LogP contribution is -2.13. The van der Waals surface area contributed by atoms with Crippen LogP contribution in [0.4, 0.5) is 5.69 Å². The van der Waals surface area contributed by atoms with Gasteiger partial charge in [-0.3, -0.25) is 0 Å². The molecule has 1 rings (SSSR count). The van der Waals surface area contributed by atoms with E-state index in [0.29, 0.717) is 18.9 Å². The Hall–Kier alpha value is -1.06. The Balaban J connectivity index is 2.59. The topological polar surface area (TPSA) is 58.3 Å². The Kier molecular flexibility index (Phi) is 6.76. The van der Waals surface area contributed by atoms with Crippen LogP contribution in [0.25, 0.3) is 0 Å². The summed E-state index contributed by atoms with van der Waals surface area (Å²) in [5.74, 6) is 0.711. The van der Waals surface area contributed by atoms with Crippen LogP contribution in [-0.4, -0.2) is 18.2 Å². The van der Waals surface area contributed by atoms with Gasteiger partial charge in [-0.25, -0.2) is 0 Å². The van der Waals surface area contributed by atoms with Gasteiger partial charge in [-0.05, 0) is 36.6 Å². The maximum atomic E-state index is 9.91. The molecule has 3 nitrogen and oxygen atoms in total. The lowest BCUT2D eigenvalue weighted by Gasteiger charge is -2.16. The first-order valence-electron chi connectivity index (χ1n) is 6.93. The Morgan fingerprint density at radius 2 is 2.00 bits per heavy atom. The van der Waals surface area contributed by atoms with Crippen LogP contribution in [0, 0.1) is 5.92 Å². The van der Waals surface area contributed by atoms with Gasteiger partial charge < -0.3 is 16.2 Å². The van der Waals surface area contributed by atoms with Crippen LogP contribution in [0.1, 0.15) is 44.8 Å². The molecule has 0 aliphatic heterocycles. The quantitative estimate of drug-likeness (QED) is 0.665. The summed E-state index contributed by atoms with van der Waals surface area (Å²) >= 11 is 0. The molecule has 0 aliphatic rings. The molecule has 1 aromatic rings. The molecule has 0 fully saturated rings. The molecule has 0 saturated carbocycles. The van der Waals surface area contributed by atoms with Gasteiger partial charge in [-0.1, -0.05) is 38.8 Å². The van der Waals surface area contributed by atoms with Crippen molar-refractivity contribution in [3.05, 3.63) is 29.8 Å². The average molecular weight is 250 g/mol. The summed E-state index contributed by atoms with van der Waals surface area (Å²) in [7, 11) is 0. The molecule has 1 aromatic carbocycles. The Morgan fingerprint density at radius 3 is 2.61 bits per heavy atom. The minimum Gasteiger partial charge on any atom is -0.388 e. The summed E-state index contributed by atoms with van der Waals surface area (Å²) in [6.07, 6.45) is 2.54. The minimum absolute atomic E-state index is 0.454. The monoisotopic (exact) mass is 250 g/mol. The summed E-state index contributed by atoms with van der Waals surface area (Å²) < 4.78 is 0. The molecule has 0 radical (unpaired) electrons. The molecule has 18 heavy (non-hydrogen) atoms. The zero-order valence-electron chi connectivity index (χ0n) is 11.5. The first-order valence-corrected chi connectivity index (χ1v) is 6.93. The van der Waals surface area contributed by atoms with Crippen molar-refractivity contribution >= 4 is 5.69 Å². The Morgan fingerprint density at radius 1 is 1.28 bits per heavy atom. The summed E-state index contributed by atoms with van der Waals surface area (Å²) in [5.41, 5.74) is 7.48. The van der Waals surface area contributed by atoms with Crippen LogP contribution >= 0.6 is 0 Å². The third-order valence-electron chi connectivity index (χ3n) is 3.46. The molecule has 0 aromatic heterocycles. The van der Waals surface area contributed by atoms with Crippen molar-refractivity contribution in [1.29, 1.82) is 0 Å². The molecular formula is C15H26N2O. The smallest absolute Gasteiger partial charge is 0.0802 e. The molecule has 0 aliphatic carbocycles. The summed E-state index contributed by atoms with van der Waals surface area (Å²) in [4.78, 5) is 0. The van der Waals surface area contributed by atoms with Gasteiger partial charge in [-0.2, -0.15) is 0 Å². The average Bonchev–Trinajstić information content (AvgIpc) is 2.40. The Bertz CT molecular complexity index is 337. The number of nitrogens with two attached hydrogens (primary N) is 1. The maximum Gasteiger partial charge on any atom is 0.0802 e. The van der Waals surface area contributed by atoms with E-state index in [1.165, 1.54) is 12.8 Å². The van der Waals surface area contributed by atoms with Crippen molar-refractivity contribution in [3.8, 4) is 0 Å². The summed E-state index contributed by atoms with van der Waals surface area (Å²) in [6.45, 7) is 5.94. The lowest BCUT2D eigenvalue weighted by molar-refractivity contribution is 0.170. The summed E-state index contributed by atoms with van der Waals surface area (Å²) in [6, 6.07) is 7.98. The van der Waals surface area contributed by atoms with E-state index in [9.17, 15) is 5.11 Å². The number of rotatable bonds is 8. The highest BCUT2D eigenvalue weighted by Gasteiger charge is 2.07. The predicted octanol–water partition coefficient (Wildman–Crippen LogP) is 2.92. The molecule has 0 amide bonds. The van der Waals surface area contributed by atoms with Crippen LogP contribution in [0.2, 0.25) is 0 Å². The second-order valence-electron chi connectivity index (χ2n) is 4.78. The third kappa shape index (κ3) is 4.67. The van der Waals surface area contributed by atoms with Crippen molar-refractivity contribution in [3.63, 3.8) is 0 Å². The molecule has 0 saturated heterocycles. The molecule has 0 bridgehead atoms. The molecular weight excluding hydrogens is 224 g/mol. The maximum absolute atomic E-state index is 9.91. The van der Waals surface area contributed by atoms with Crippen LogP contribution in [0.15, 0.2) is 24.3 Å². The molecule has 1 atom stereocenters. The normalized spacial score (nSPS) is 12.7. The van der Waals surface area contributed by atoms with E-state index in [2.05, 4.69) is 19.2 Å². The van der Waals surface area contributed by atoms with Crippen LogP contribution < -0.4 is 11.1 Å². The van der Waals surface area contributed by atoms with Crippen molar-refractivity contribution in [2.24, 2.45) is 11.7 Å². The van der Waals surface area contributed by atoms with Crippen molar-refractivity contribution in [1.82, 2.24) is 0 Å². The first kappa shape index (κ1) is 15.0. The van der Waals surface area contributed by atoms with E-state index in [1.54, 1.807) is 0 Å². The molecule has 0 spiro atoms. The van der Waals surface area contributed by atoms with Crippen LogP contribution in [0.3, 0.4) is 0 Å². The van der Waals surface area contributed by atoms with Crippen molar-refractivity contribution in [2.45, 2.75) is 39.2 Å².